The summed E-state index contributed by atoms with van der Waals surface area (Å²) in [6.07, 6.45) is 56.0. The molecular weight excluding hydrogens is 987 g/mol. The summed E-state index contributed by atoms with van der Waals surface area (Å²) in [7, 11) is -9.60. The van der Waals surface area contributed by atoms with Crippen molar-refractivity contribution in [3.8, 4) is 0 Å². The van der Waals surface area contributed by atoms with E-state index in [0.29, 0.717) is 12.8 Å². The summed E-state index contributed by atoms with van der Waals surface area (Å²) in [4.78, 5) is 43.9. The van der Waals surface area contributed by atoms with E-state index in [1.165, 1.54) is 109 Å². The lowest BCUT2D eigenvalue weighted by molar-refractivity contribution is -0.148. The first-order valence-electron chi connectivity index (χ1n) is 28.3. The van der Waals surface area contributed by atoms with Crippen LogP contribution in [-0.4, -0.2) is 95.0 Å². The topological polar surface area (TPSA) is 225 Å². The van der Waals surface area contributed by atoms with Gasteiger partial charge in [0, 0.05) is 12.8 Å². The quantitative estimate of drug-likeness (QED) is 0.0165. The summed E-state index contributed by atoms with van der Waals surface area (Å²) >= 11 is 0. The Hall–Kier alpha value is -2.52. The molecule has 0 rings (SSSR count). The molecule has 5 atom stereocenters. The third-order valence-corrected chi connectivity index (χ3v) is 13.6. The first-order valence-corrected chi connectivity index (χ1v) is 31.3. The summed E-state index contributed by atoms with van der Waals surface area (Å²) < 4.78 is 53.2. The summed E-state index contributed by atoms with van der Waals surface area (Å²) in [5.41, 5.74) is 0. The number of rotatable bonds is 54. The standard InChI is InChI=1S/C57H102O15P2/c1-3-5-7-9-11-13-15-17-19-21-23-25-27-29-31-33-35-37-39-41-43-45-56(61)67-47-53(58)49-69-73(63,64)71-51-55(60)52-72-74(65,66)70-50-54(59)48-68-57(62)46-44-42-40-38-36-34-32-30-28-26-24-22-20-18-16-14-12-10-8-6-4-2/h5,7,11,13,17,19,23,25,29,31,35,37,53-55,58-60H,3-4,6,8-10,12,14-16,18,20-22,24,26-28,30,32-34,36,38-52H2,1-2H3,(H,63,64)(H,65,66)/b7-5-,13-11-,19-17-,25-23-,31-29-,37-35-. The molecule has 0 spiro atoms. The summed E-state index contributed by atoms with van der Waals surface area (Å²) in [5.74, 6) is -1.03. The number of hydrogen-bond donors (Lipinski definition) is 5. The van der Waals surface area contributed by atoms with E-state index in [4.69, 9.17) is 18.5 Å². The van der Waals surface area contributed by atoms with E-state index in [0.717, 1.165) is 70.6 Å². The van der Waals surface area contributed by atoms with Gasteiger partial charge >= 0.3 is 27.6 Å². The van der Waals surface area contributed by atoms with Crippen LogP contribution in [0.1, 0.15) is 219 Å². The van der Waals surface area contributed by atoms with Gasteiger partial charge in [0.05, 0.1) is 26.4 Å². The molecule has 0 radical (unpaired) electrons. The molecule has 0 aromatic heterocycles. The van der Waals surface area contributed by atoms with Crippen molar-refractivity contribution in [1.82, 2.24) is 0 Å². The van der Waals surface area contributed by atoms with E-state index in [2.05, 4.69) is 95.8 Å². The maximum absolute atomic E-state index is 12.2. The third-order valence-electron chi connectivity index (χ3n) is 11.7. The zero-order chi connectivity index (χ0) is 54.5. The number of hydrogen-bond acceptors (Lipinski definition) is 13. The number of phosphoric acid groups is 2. The Bertz CT molecular complexity index is 1600. The van der Waals surface area contributed by atoms with E-state index >= 15 is 0 Å². The van der Waals surface area contributed by atoms with Crippen molar-refractivity contribution < 1.29 is 71.4 Å². The van der Waals surface area contributed by atoms with Gasteiger partial charge in [-0.25, -0.2) is 9.13 Å². The van der Waals surface area contributed by atoms with E-state index in [9.17, 15) is 43.8 Å². The molecule has 5 N–H and O–H groups in total. The van der Waals surface area contributed by atoms with E-state index in [-0.39, 0.29) is 12.8 Å². The first-order chi connectivity index (χ1) is 35.8. The van der Waals surface area contributed by atoms with Crippen LogP contribution in [0.25, 0.3) is 0 Å². The molecule has 0 aromatic carbocycles. The normalized spacial score (nSPS) is 15.3. The lowest BCUT2D eigenvalue weighted by atomic mass is 10.0. The number of carbonyl (C=O) groups excluding carboxylic acids is 2. The molecule has 430 valence electrons. The van der Waals surface area contributed by atoms with Crippen LogP contribution in [0.5, 0.6) is 0 Å². The van der Waals surface area contributed by atoms with Crippen LogP contribution in [0, 0.1) is 0 Å². The number of aliphatic hydroxyl groups is 3. The van der Waals surface area contributed by atoms with E-state index in [1.54, 1.807) is 0 Å². The highest BCUT2D eigenvalue weighted by atomic mass is 31.2. The fourth-order valence-corrected chi connectivity index (χ4v) is 8.93. The van der Waals surface area contributed by atoms with Crippen LogP contribution >= 0.6 is 15.6 Å². The summed E-state index contributed by atoms with van der Waals surface area (Å²) in [6.45, 7) is 0.290. The molecule has 5 unspecified atom stereocenters. The van der Waals surface area contributed by atoms with Crippen molar-refractivity contribution in [1.29, 1.82) is 0 Å². The predicted molar refractivity (Wildman–Crippen MR) is 297 cm³/mol. The van der Waals surface area contributed by atoms with Crippen molar-refractivity contribution in [2.24, 2.45) is 0 Å². The molecule has 0 amide bonds. The highest BCUT2D eigenvalue weighted by molar-refractivity contribution is 7.47. The number of carbonyl (C=O) groups is 2. The van der Waals surface area contributed by atoms with Crippen LogP contribution < -0.4 is 0 Å². The maximum Gasteiger partial charge on any atom is 0.472 e. The van der Waals surface area contributed by atoms with E-state index < -0.39 is 85.5 Å². The lowest BCUT2D eigenvalue weighted by Gasteiger charge is -2.19. The van der Waals surface area contributed by atoms with Gasteiger partial charge in [-0.05, 0) is 64.2 Å². The smallest absolute Gasteiger partial charge is 0.463 e. The molecule has 15 nitrogen and oxygen atoms in total. The summed E-state index contributed by atoms with van der Waals surface area (Å²) in [5, 5.41) is 30.1. The second kappa shape index (κ2) is 52.5. The predicted octanol–water partition coefficient (Wildman–Crippen LogP) is 14.3. The second-order valence-electron chi connectivity index (χ2n) is 18.9. The minimum atomic E-state index is -4.80. The highest BCUT2D eigenvalue weighted by Crippen LogP contribution is 2.45. The molecule has 0 aliphatic heterocycles. The minimum Gasteiger partial charge on any atom is -0.463 e. The minimum absolute atomic E-state index is 0.138. The van der Waals surface area contributed by atoms with E-state index in [1.807, 2.05) is 0 Å². The van der Waals surface area contributed by atoms with Crippen molar-refractivity contribution in [3.63, 3.8) is 0 Å². The average molecular weight is 1090 g/mol. The van der Waals surface area contributed by atoms with Crippen LogP contribution in [-0.2, 0) is 46.3 Å². The van der Waals surface area contributed by atoms with Crippen molar-refractivity contribution in [3.05, 3.63) is 72.9 Å². The first kappa shape index (κ1) is 71.5. The second-order valence-corrected chi connectivity index (χ2v) is 21.8. The fourth-order valence-electron chi connectivity index (χ4n) is 7.33. The van der Waals surface area contributed by atoms with Gasteiger partial charge in [0.25, 0.3) is 0 Å². The van der Waals surface area contributed by atoms with Gasteiger partial charge in [0.2, 0.25) is 0 Å². The molecule has 0 aliphatic rings. The summed E-state index contributed by atoms with van der Waals surface area (Å²) in [6, 6.07) is 0. The molecule has 0 heterocycles. The zero-order valence-corrected chi connectivity index (χ0v) is 47.5. The monoisotopic (exact) mass is 1090 g/mol. The number of aliphatic hydroxyl groups excluding tert-OH is 3. The lowest BCUT2D eigenvalue weighted by Crippen LogP contribution is -2.25. The van der Waals surface area contributed by atoms with Gasteiger partial charge in [-0.3, -0.25) is 27.7 Å². The molecular formula is C57H102O15P2. The van der Waals surface area contributed by atoms with Gasteiger partial charge in [0.15, 0.2) is 0 Å². The van der Waals surface area contributed by atoms with Gasteiger partial charge in [0.1, 0.15) is 31.5 Å². The molecule has 0 aliphatic carbocycles. The Labute approximate surface area is 447 Å². The van der Waals surface area contributed by atoms with Gasteiger partial charge < -0.3 is 34.6 Å². The Kier molecular flexibility index (Phi) is 50.7. The van der Waals surface area contributed by atoms with Crippen LogP contribution in [0.3, 0.4) is 0 Å². The molecule has 0 saturated heterocycles. The van der Waals surface area contributed by atoms with Crippen LogP contribution in [0.2, 0.25) is 0 Å². The van der Waals surface area contributed by atoms with Gasteiger partial charge in [-0.1, -0.05) is 215 Å². The number of esters is 2. The van der Waals surface area contributed by atoms with Gasteiger partial charge in [-0.15, -0.1) is 0 Å². The number of phosphoric ester groups is 2. The zero-order valence-electron chi connectivity index (χ0n) is 45.7. The Morgan fingerprint density at radius 1 is 0.365 bits per heavy atom. The number of allylic oxidation sites excluding steroid dienone is 12. The molecule has 0 aromatic rings. The van der Waals surface area contributed by atoms with Crippen molar-refractivity contribution in [2.45, 2.75) is 238 Å². The number of unbranched alkanes of at least 4 members (excludes halogenated alkanes) is 22. The Morgan fingerprint density at radius 2 is 0.622 bits per heavy atom. The largest absolute Gasteiger partial charge is 0.472 e. The van der Waals surface area contributed by atoms with Crippen molar-refractivity contribution in [2.75, 3.05) is 39.6 Å². The average Bonchev–Trinajstić information content (AvgIpc) is 3.38. The maximum atomic E-state index is 12.2. The molecule has 17 heteroatoms. The van der Waals surface area contributed by atoms with Crippen molar-refractivity contribution >= 4 is 27.6 Å². The van der Waals surface area contributed by atoms with Crippen LogP contribution in [0.15, 0.2) is 72.9 Å². The Morgan fingerprint density at radius 3 is 0.932 bits per heavy atom. The highest BCUT2D eigenvalue weighted by Gasteiger charge is 2.28. The molecule has 0 fully saturated rings. The number of ether oxygens (including phenoxy) is 2. The van der Waals surface area contributed by atoms with Crippen LogP contribution in [0.4, 0.5) is 0 Å². The molecule has 0 bridgehead atoms. The third kappa shape index (κ3) is 54.3. The molecule has 0 saturated carbocycles. The Balaban J connectivity index is 3.86. The van der Waals surface area contributed by atoms with Gasteiger partial charge in [-0.2, -0.15) is 0 Å². The fraction of sp³-hybridized carbons (Fsp3) is 0.754. The molecule has 74 heavy (non-hydrogen) atoms. The SMILES string of the molecule is CC/C=C\C/C=C\C/C=C\C/C=C\C/C=C\C/C=C\CCCCC(=O)OCC(O)COP(=O)(O)OCC(O)COP(=O)(O)OCC(O)COC(=O)CCCCCCCCCCCCCCCCCCCCCCC.